The van der Waals surface area contributed by atoms with Crippen molar-refractivity contribution in [2.45, 2.75) is 13.1 Å². The average molecular weight is 324 g/mol. The van der Waals surface area contributed by atoms with E-state index in [1.165, 1.54) is 0 Å². The molecule has 1 aliphatic rings. The molecule has 19 heavy (non-hydrogen) atoms. The Hall–Kier alpha value is -1.24. The van der Waals surface area contributed by atoms with Crippen LogP contribution in [0.25, 0.3) is 10.9 Å². The van der Waals surface area contributed by atoms with E-state index in [1.54, 1.807) is 4.57 Å². The van der Waals surface area contributed by atoms with Gasteiger partial charge < -0.3 is 5.11 Å². The Morgan fingerprint density at radius 2 is 2.21 bits per heavy atom. The summed E-state index contributed by atoms with van der Waals surface area (Å²) in [7, 11) is 0. The van der Waals surface area contributed by atoms with Crippen molar-refractivity contribution < 1.29 is 5.11 Å². The zero-order chi connectivity index (χ0) is 13.4. The third-order valence-corrected chi connectivity index (χ3v) is 3.91. The van der Waals surface area contributed by atoms with Gasteiger partial charge in [0.25, 0.3) is 5.56 Å². The standard InChI is InChI=1S/C13H14BrN3O2/c14-9-1-2-10-11(7-9)15-12-8-16(5-6-18)3-4-17(12)13(10)19/h1-2,7,18H,3-6,8H2. The van der Waals surface area contributed by atoms with Crippen molar-refractivity contribution in [2.24, 2.45) is 0 Å². The SMILES string of the molecule is O=c1c2ccc(Br)cc2nc2n1CCN(CCO)C2. The van der Waals surface area contributed by atoms with Gasteiger partial charge >= 0.3 is 0 Å². The van der Waals surface area contributed by atoms with E-state index in [0.717, 1.165) is 22.4 Å². The first kappa shape index (κ1) is 12.8. The topological polar surface area (TPSA) is 58.4 Å². The highest BCUT2D eigenvalue weighted by Crippen LogP contribution is 2.17. The molecule has 2 aromatic rings. The minimum atomic E-state index is 0.0242. The van der Waals surface area contributed by atoms with Gasteiger partial charge in [0, 0.05) is 24.1 Å². The summed E-state index contributed by atoms with van der Waals surface area (Å²) in [6, 6.07) is 5.53. The number of benzene rings is 1. The lowest BCUT2D eigenvalue weighted by Crippen LogP contribution is -2.41. The van der Waals surface area contributed by atoms with E-state index < -0.39 is 0 Å². The van der Waals surface area contributed by atoms with Crippen LogP contribution in [0.15, 0.2) is 27.5 Å². The predicted molar refractivity (Wildman–Crippen MR) is 76.1 cm³/mol. The lowest BCUT2D eigenvalue weighted by atomic mass is 10.2. The number of rotatable bonds is 2. The van der Waals surface area contributed by atoms with Gasteiger partial charge in [-0.3, -0.25) is 14.3 Å². The summed E-state index contributed by atoms with van der Waals surface area (Å²) in [5.74, 6) is 0.773. The Bertz CT molecular complexity index is 683. The summed E-state index contributed by atoms with van der Waals surface area (Å²) in [6.45, 7) is 2.76. The van der Waals surface area contributed by atoms with E-state index in [4.69, 9.17) is 5.11 Å². The van der Waals surface area contributed by atoms with Gasteiger partial charge in [0.15, 0.2) is 0 Å². The van der Waals surface area contributed by atoms with Crippen molar-refractivity contribution in [3.63, 3.8) is 0 Å². The Labute approximate surface area is 118 Å². The van der Waals surface area contributed by atoms with E-state index in [-0.39, 0.29) is 12.2 Å². The number of hydrogen-bond acceptors (Lipinski definition) is 4. The first-order valence-electron chi connectivity index (χ1n) is 6.21. The Kier molecular flexibility index (Phi) is 3.38. The maximum Gasteiger partial charge on any atom is 0.261 e. The molecule has 0 saturated carbocycles. The molecule has 2 heterocycles. The molecule has 3 rings (SSSR count). The van der Waals surface area contributed by atoms with E-state index >= 15 is 0 Å². The smallest absolute Gasteiger partial charge is 0.261 e. The fraction of sp³-hybridized carbons (Fsp3) is 0.385. The number of fused-ring (bicyclic) bond motifs is 2. The number of β-amino-alcohol motifs (C(OH)–C–C–N with tert-alkyl or cyclic N) is 1. The van der Waals surface area contributed by atoms with Crippen LogP contribution in [0.3, 0.4) is 0 Å². The molecule has 0 amide bonds. The number of halogens is 1. The van der Waals surface area contributed by atoms with Crippen molar-refractivity contribution in [1.82, 2.24) is 14.5 Å². The van der Waals surface area contributed by atoms with Crippen LogP contribution in [0.4, 0.5) is 0 Å². The van der Waals surface area contributed by atoms with Gasteiger partial charge in [-0.1, -0.05) is 15.9 Å². The largest absolute Gasteiger partial charge is 0.395 e. The lowest BCUT2D eigenvalue weighted by Gasteiger charge is -2.28. The summed E-state index contributed by atoms with van der Waals surface area (Å²) in [6.07, 6.45) is 0. The summed E-state index contributed by atoms with van der Waals surface area (Å²) >= 11 is 3.40. The molecule has 1 aromatic carbocycles. The fourth-order valence-corrected chi connectivity index (χ4v) is 2.79. The summed E-state index contributed by atoms with van der Waals surface area (Å²) < 4.78 is 2.66. The molecule has 0 aliphatic carbocycles. The van der Waals surface area contributed by atoms with Crippen molar-refractivity contribution in [1.29, 1.82) is 0 Å². The summed E-state index contributed by atoms with van der Waals surface area (Å²) in [4.78, 5) is 19.1. The van der Waals surface area contributed by atoms with Gasteiger partial charge in [-0.15, -0.1) is 0 Å². The molecule has 100 valence electrons. The average Bonchev–Trinajstić information content (AvgIpc) is 2.38. The second-order valence-corrected chi connectivity index (χ2v) is 5.56. The zero-order valence-electron chi connectivity index (χ0n) is 10.3. The second-order valence-electron chi connectivity index (χ2n) is 4.65. The van der Waals surface area contributed by atoms with E-state index in [1.807, 2.05) is 18.2 Å². The zero-order valence-corrected chi connectivity index (χ0v) is 11.9. The maximum atomic E-state index is 12.4. The van der Waals surface area contributed by atoms with Crippen molar-refractivity contribution in [2.75, 3.05) is 19.7 Å². The molecular formula is C13H14BrN3O2. The Morgan fingerprint density at radius 3 is 3.00 bits per heavy atom. The number of aliphatic hydroxyl groups excluding tert-OH is 1. The molecule has 5 nitrogen and oxygen atoms in total. The van der Waals surface area contributed by atoms with Gasteiger partial charge in [-0.05, 0) is 18.2 Å². The first-order valence-corrected chi connectivity index (χ1v) is 7.00. The number of aromatic nitrogens is 2. The quantitative estimate of drug-likeness (QED) is 0.894. The third kappa shape index (κ3) is 2.31. The molecule has 0 atom stereocenters. The number of aliphatic hydroxyl groups is 1. The monoisotopic (exact) mass is 323 g/mol. The second kappa shape index (κ2) is 5.03. The van der Waals surface area contributed by atoms with Gasteiger partial charge in [0.1, 0.15) is 5.82 Å². The van der Waals surface area contributed by atoms with Crippen LogP contribution in [-0.2, 0) is 13.1 Å². The molecule has 0 fully saturated rings. The minimum absolute atomic E-state index is 0.0242. The van der Waals surface area contributed by atoms with Gasteiger partial charge in [0.05, 0.1) is 24.1 Å². The van der Waals surface area contributed by atoms with Crippen molar-refractivity contribution in [3.05, 3.63) is 38.9 Å². The first-order chi connectivity index (χ1) is 9.19. The molecule has 0 unspecified atom stereocenters. The summed E-state index contributed by atoms with van der Waals surface area (Å²) in [5, 5.41) is 9.65. The Morgan fingerprint density at radius 1 is 1.37 bits per heavy atom. The van der Waals surface area contributed by atoms with E-state index in [2.05, 4.69) is 25.8 Å². The molecule has 1 aliphatic heterocycles. The molecular weight excluding hydrogens is 310 g/mol. The number of hydrogen-bond donors (Lipinski definition) is 1. The molecule has 1 N–H and O–H groups in total. The van der Waals surface area contributed by atoms with Crippen LogP contribution in [-0.4, -0.2) is 39.3 Å². The lowest BCUT2D eigenvalue weighted by molar-refractivity contribution is 0.163. The highest BCUT2D eigenvalue weighted by molar-refractivity contribution is 9.10. The van der Waals surface area contributed by atoms with Gasteiger partial charge in [-0.2, -0.15) is 0 Å². The van der Waals surface area contributed by atoms with Crippen LogP contribution in [0.1, 0.15) is 5.82 Å². The van der Waals surface area contributed by atoms with Crippen LogP contribution in [0, 0.1) is 0 Å². The highest BCUT2D eigenvalue weighted by atomic mass is 79.9. The molecule has 1 aromatic heterocycles. The fourth-order valence-electron chi connectivity index (χ4n) is 2.44. The molecule has 0 bridgehead atoms. The van der Waals surface area contributed by atoms with Gasteiger partial charge in [-0.25, -0.2) is 4.98 Å². The van der Waals surface area contributed by atoms with Crippen LogP contribution < -0.4 is 5.56 Å². The van der Waals surface area contributed by atoms with E-state index in [0.29, 0.717) is 25.0 Å². The van der Waals surface area contributed by atoms with Gasteiger partial charge in [0.2, 0.25) is 0 Å². The van der Waals surface area contributed by atoms with Crippen molar-refractivity contribution >= 4 is 26.8 Å². The normalized spacial score (nSPS) is 15.7. The molecule has 6 heteroatoms. The highest BCUT2D eigenvalue weighted by Gasteiger charge is 2.19. The van der Waals surface area contributed by atoms with Crippen LogP contribution >= 0.6 is 15.9 Å². The van der Waals surface area contributed by atoms with Crippen LogP contribution in [0.5, 0.6) is 0 Å². The van der Waals surface area contributed by atoms with Crippen LogP contribution in [0.2, 0.25) is 0 Å². The Balaban J connectivity index is 2.12. The van der Waals surface area contributed by atoms with E-state index in [9.17, 15) is 4.79 Å². The number of nitrogens with zero attached hydrogens (tertiary/aromatic N) is 3. The molecule has 0 radical (unpaired) electrons. The minimum Gasteiger partial charge on any atom is -0.395 e. The maximum absolute atomic E-state index is 12.4. The predicted octanol–water partition coefficient (Wildman–Crippen LogP) is 0.967. The summed E-state index contributed by atoms with van der Waals surface area (Å²) in [5.41, 5.74) is 0.743. The third-order valence-electron chi connectivity index (χ3n) is 3.42. The van der Waals surface area contributed by atoms with Crippen molar-refractivity contribution in [3.8, 4) is 0 Å². The molecule has 0 saturated heterocycles. The molecule has 0 spiro atoms.